The first-order chi connectivity index (χ1) is 11.1. The standard InChI is InChI=1S/C18H21BrN4/c1-4-9-22-12(3)17(11(2)21-22)18-20-15-10-13(19)5-8-16(15)23(18)14-6-7-14/h5,8,10,14H,4,6-7,9H2,1-3H3. The molecule has 2 heterocycles. The Morgan fingerprint density at radius 3 is 2.74 bits per heavy atom. The molecule has 4 nitrogen and oxygen atoms in total. The van der Waals surface area contributed by atoms with Crippen LogP contribution < -0.4 is 0 Å². The second-order valence-electron chi connectivity index (χ2n) is 6.44. The highest BCUT2D eigenvalue weighted by molar-refractivity contribution is 9.10. The van der Waals surface area contributed by atoms with Gasteiger partial charge in [-0.25, -0.2) is 4.98 Å². The van der Waals surface area contributed by atoms with Crippen molar-refractivity contribution in [3.05, 3.63) is 34.1 Å². The molecule has 0 bridgehead atoms. The molecule has 0 amide bonds. The Labute approximate surface area is 144 Å². The summed E-state index contributed by atoms with van der Waals surface area (Å²) in [7, 11) is 0. The molecule has 1 saturated carbocycles. The summed E-state index contributed by atoms with van der Waals surface area (Å²) in [5.74, 6) is 1.08. The number of rotatable bonds is 4. The third kappa shape index (κ3) is 2.42. The monoisotopic (exact) mass is 372 g/mol. The van der Waals surface area contributed by atoms with Gasteiger partial charge in [0.1, 0.15) is 5.82 Å². The molecule has 0 saturated heterocycles. The Bertz CT molecular complexity index is 886. The summed E-state index contributed by atoms with van der Waals surface area (Å²) in [4.78, 5) is 4.98. The van der Waals surface area contributed by atoms with Gasteiger partial charge in [0.2, 0.25) is 0 Å². The van der Waals surface area contributed by atoms with Crippen molar-refractivity contribution in [3.63, 3.8) is 0 Å². The van der Waals surface area contributed by atoms with Gasteiger partial charge in [-0.3, -0.25) is 4.68 Å². The molecule has 1 aliphatic carbocycles. The lowest BCUT2D eigenvalue weighted by Gasteiger charge is -2.08. The fourth-order valence-electron chi connectivity index (χ4n) is 3.40. The van der Waals surface area contributed by atoms with Gasteiger partial charge in [-0.2, -0.15) is 5.10 Å². The second kappa shape index (κ2) is 5.48. The van der Waals surface area contributed by atoms with Crippen molar-refractivity contribution in [3.8, 4) is 11.4 Å². The molecule has 2 aromatic heterocycles. The van der Waals surface area contributed by atoms with Gasteiger partial charge in [0.15, 0.2) is 0 Å². The maximum Gasteiger partial charge on any atom is 0.145 e. The fraction of sp³-hybridized carbons (Fsp3) is 0.444. The predicted octanol–water partition coefficient (Wildman–Crippen LogP) is 5.02. The van der Waals surface area contributed by atoms with Crippen molar-refractivity contribution < 1.29 is 0 Å². The average molecular weight is 373 g/mol. The van der Waals surface area contributed by atoms with Crippen LogP contribution in [0.3, 0.4) is 0 Å². The van der Waals surface area contributed by atoms with E-state index < -0.39 is 0 Å². The predicted molar refractivity (Wildman–Crippen MR) is 96.7 cm³/mol. The van der Waals surface area contributed by atoms with E-state index >= 15 is 0 Å². The lowest BCUT2D eigenvalue weighted by molar-refractivity contribution is 0.583. The molecule has 3 aromatic rings. The number of nitrogens with zero attached hydrogens (tertiary/aromatic N) is 4. The largest absolute Gasteiger partial charge is 0.321 e. The fourth-order valence-corrected chi connectivity index (χ4v) is 3.75. The molecule has 0 N–H and O–H groups in total. The first kappa shape index (κ1) is 14.9. The van der Waals surface area contributed by atoms with Crippen LogP contribution in [-0.4, -0.2) is 19.3 Å². The summed E-state index contributed by atoms with van der Waals surface area (Å²) < 4.78 is 5.62. The van der Waals surface area contributed by atoms with Crippen LogP contribution in [0.2, 0.25) is 0 Å². The van der Waals surface area contributed by atoms with Gasteiger partial charge in [0.05, 0.1) is 22.3 Å². The van der Waals surface area contributed by atoms with E-state index in [1.807, 2.05) is 0 Å². The molecular weight excluding hydrogens is 352 g/mol. The number of hydrogen-bond acceptors (Lipinski definition) is 2. The van der Waals surface area contributed by atoms with Crippen molar-refractivity contribution in [1.82, 2.24) is 19.3 Å². The van der Waals surface area contributed by atoms with Crippen molar-refractivity contribution in [2.75, 3.05) is 0 Å². The molecule has 5 heteroatoms. The Hall–Kier alpha value is -1.62. The van der Waals surface area contributed by atoms with Crippen molar-refractivity contribution in [1.29, 1.82) is 0 Å². The van der Waals surface area contributed by atoms with E-state index in [2.05, 4.69) is 64.1 Å². The molecule has 1 fully saturated rings. The molecule has 1 aliphatic rings. The topological polar surface area (TPSA) is 35.6 Å². The van der Waals surface area contributed by atoms with Crippen LogP contribution in [0.5, 0.6) is 0 Å². The highest BCUT2D eigenvalue weighted by atomic mass is 79.9. The summed E-state index contributed by atoms with van der Waals surface area (Å²) in [6, 6.07) is 6.98. The lowest BCUT2D eigenvalue weighted by Crippen LogP contribution is -2.02. The molecule has 4 rings (SSSR count). The van der Waals surface area contributed by atoms with E-state index in [1.54, 1.807) is 0 Å². The number of hydrogen-bond donors (Lipinski definition) is 0. The summed E-state index contributed by atoms with van der Waals surface area (Å²) in [5, 5.41) is 4.74. The van der Waals surface area contributed by atoms with E-state index in [0.717, 1.165) is 34.5 Å². The van der Waals surface area contributed by atoms with E-state index in [-0.39, 0.29) is 0 Å². The van der Waals surface area contributed by atoms with Crippen LogP contribution in [0, 0.1) is 13.8 Å². The van der Waals surface area contributed by atoms with Crippen LogP contribution in [0.15, 0.2) is 22.7 Å². The summed E-state index contributed by atoms with van der Waals surface area (Å²) >= 11 is 3.56. The first-order valence-electron chi connectivity index (χ1n) is 8.32. The highest BCUT2D eigenvalue weighted by Gasteiger charge is 2.30. The Kier molecular flexibility index (Phi) is 3.56. The molecule has 23 heavy (non-hydrogen) atoms. The minimum absolute atomic E-state index is 0.588. The quantitative estimate of drug-likeness (QED) is 0.644. The summed E-state index contributed by atoms with van der Waals surface area (Å²) in [5.41, 5.74) is 5.79. The Balaban J connectivity index is 1.97. The number of fused-ring (bicyclic) bond motifs is 1. The van der Waals surface area contributed by atoms with Gasteiger partial charge in [0, 0.05) is 22.8 Å². The first-order valence-corrected chi connectivity index (χ1v) is 9.11. The summed E-state index contributed by atoms with van der Waals surface area (Å²) in [6.07, 6.45) is 3.58. The number of aromatic nitrogens is 4. The number of aryl methyl sites for hydroxylation is 2. The van der Waals surface area contributed by atoms with E-state index in [0.29, 0.717) is 6.04 Å². The van der Waals surface area contributed by atoms with E-state index in [9.17, 15) is 0 Å². The highest BCUT2D eigenvalue weighted by Crippen LogP contribution is 2.42. The maximum atomic E-state index is 4.98. The third-order valence-electron chi connectivity index (χ3n) is 4.60. The molecule has 0 unspecified atom stereocenters. The number of halogens is 1. The van der Waals surface area contributed by atoms with Gasteiger partial charge in [-0.15, -0.1) is 0 Å². The SMILES string of the molecule is CCCn1nc(C)c(-c2nc3cc(Br)ccc3n2C2CC2)c1C. The van der Waals surface area contributed by atoms with Gasteiger partial charge < -0.3 is 4.57 Å². The normalized spacial score (nSPS) is 14.8. The van der Waals surface area contributed by atoms with Gasteiger partial charge in [-0.1, -0.05) is 22.9 Å². The third-order valence-corrected chi connectivity index (χ3v) is 5.10. The molecule has 1 aromatic carbocycles. The van der Waals surface area contributed by atoms with E-state index in [1.165, 1.54) is 29.6 Å². The van der Waals surface area contributed by atoms with Gasteiger partial charge in [0.25, 0.3) is 0 Å². The zero-order valence-corrected chi connectivity index (χ0v) is 15.4. The molecule has 0 spiro atoms. The Morgan fingerprint density at radius 1 is 1.26 bits per heavy atom. The number of benzene rings is 1. The van der Waals surface area contributed by atoms with Crippen LogP contribution in [0.4, 0.5) is 0 Å². The number of imidazole rings is 1. The maximum absolute atomic E-state index is 4.98. The summed E-state index contributed by atoms with van der Waals surface area (Å²) in [6.45, 7) is 7.41. The minimum Gasteiger partial charge on any atom is -0.321 e. The van der Waals surface area contributed by atoms with Gasteiger partial charge in [-0.05, 0) is 51.3 Å². The molecule has 0 aliphatic heterocycles. The van der Waals surface area contributed by atoms with Crippen LogP contribution in [0.25, 0.3) is 22.4 Å². The van der Waals surface area contributed by atoms with Crippen molar-refractivity contribution in [2.24, 2.45) is 0 Å². The zero-order valence-electron chi connectivity index (χ0n) is 13.8. The van der Waals surface area contributed by atoms with Gasteiger partial charge >= 0.3 is 0 Å². The molecule has 0 radical (unpaired) electrons. The van der Waals surface area contributed by atoms with Crippen LogP contribution in [-0.2, 0) is 6.54 Å². The van der Waals surface area contributed by atoms with E-state index in [4.69, 9.17) is 10.1 Å². The van der Waals surface area contributed by atoms with Crippen LogP contribution >= 0.6 is 15.9 Å². The molecular formula is C18H21BrN4. The van der Waals surface area contributed by atoms with Crippen molar-refractivity contribution >= 4 is 27.0 Å². The second-order valence-corrected chi connectivity index (χ2v) is 7.35. The molecule has 0 atom stereocenters. The Morgan fingerprint density at radius 2 is 2.04 bits per heavy atom. The minimum atomic E-state index is 0.588. The smallest absolute Gasteiger partial charge is 0.145 e. The van der Waals surface area contributed by atoms with Crippen molar-refractivity contribution in [2.45, 2.75) is 52.6 Å². The van der Waals surface area contributed by atoms with Crippen LogP contribution in [0.1, 0.15) is 43.6 Å². The average Bonchev–Trinajstić information content (AvgIpc) is 3.22. The zero-order chi connectivity index (χ0) is 16.1. The molecule has 120 valence electrons. The lowest BCUT2D eigenvalue weighted by atomic mass is 10.2.